The fourth-order valence-electron chi connectivity index (χ4n) is 2.69. The molecule has 0 amide bonds. The second-order valence-electron chi connectivity index (χ2n) is 6.30. The van der Waals surface area contributed by atoms with Crippen molar-refractivity contribution in [3.05, 3.63) is 63.9 Å². The zero-order valence-corrected chi connectivity index (χ0v) is 17.3. The maximum Gasteiger partial charge on any atom is 0.262 e. The van der Waals surface area contributed by atoms with Crippen LogP contribution in [0.1, 0.15) is 19.9 Å². The fourth-order valence-corrected chi connectivity index (χ4v) is 5.59. The zero-order valence-electron chi connectivity index (χ0n) is 14.9. The molecule has 0 aliphatic carbocycles. The van der Waals surface area contributed by atoms with E-state index in [2.05, 4.69) is 4.98 Å². The molecule has 2 aromatic carbocycles. The quantitative estimate of drug-likeness (QED) is 0.440. The van der Waals surface area contributed by atoms with Crippen LogP contribution in [-0.4, -0.2) is 29.5 Å². The summed E-state index contributed by atoms with van der Waals surface area (Å²) in [6, 6.07) is 13.2. The average molecular weight is 423 g/mol. The van der Waals surface area contributed by atoms with Crippen LogP contribution >= 0.6 is 23.4 Å². The molecule has 0 aliphatic heterocycles. The van der Waals surface area contributed by atoms with Gasteiger partial charge in [-0.05, 0) is 50.2 Å². The topological polar surface area (TPSA) is 69.0 Å². The van der Waals surface area contributed by atoms with Crippen LogP contribution in [0.3, 0.4) is 0 Å². The molecule has 1 heterocycles. The number of hydrogen-bond donors (Lipinski definition) is 0. The van der Waals surface area contributed by atoms with Gasteiger partial charge in [0.15, 0.2) is 15.0 Å². The minimum Gasteiger partial charge on any atom is -0.285 e. The van der Waals surface area contributed by atoms with Gasteiger partial charge in [-0.15, -0.1) is 0 Å². The number of thioether (sulfide) groups is 1. The first-order valence-corrected chi connectivity index (χ1v) is 11.4. The Bertz CT molecular complexity index is 1120. The van der Waals surface area contributed by atoms with Gasteiger partial charge in [0.2, 0.25) is 0 Å². The van der Waals surface area contributed by atoms with E-state index in [-0.39, 0.29) is 22.2 Å². The first-order valence-electron chi connectivity index (χ1n) is 8.42. The first-order chi connectivity index (χ1) is 12.8. The predicted molar refractivity (Wildman–Crippen MR) is 111 cm³/mol. The number of hydrogen-bond acceptors (Lipinski definition) is 5. The molecule has 142 valence electrons. The molecule has 27 heavy (non-hydrogen) atoms. The van der Waals surface area contributed by atoms with Gasteiger partial charge >= 0.3 is 0 Å². The number of fused-ring (bicyclic) bond motifs is 1. The number of sulfone groups is 1. The molecule has 0 bridgehead atoms. The molecule has 3 aromatic rings. The van der Waals surface area contributed by atoms with Gasteiger partial charge in [-0.3, -0.25) is 9.36 Å². The average Bonchev–Trinajstić information content (AvgIpc) is 2.62. The van der Waals surface area contributed by atoms with Crippen LogP contribution in [0, 0.1) is 0 Å². The fraction of sp³-hybridized carbons (Fsp3) is 0.263. The van der Waals surface area contributed by atoms with Gasteiger partial charge in [0, 0.05) is 16.8 Å². The van der Waals surface area contributed by atoms with Crippen LogP contribution in [0.25, 0.3) is 10.9 Å². The van der Waals surface area contributed by atoms with Crippen LogP contribution in [0.5, 0.6) is 0 Å². The lowest BCUT2D eigenvalue weighted by atomic mass is 10.2. The van der Waals surface area contributed by atoms with Gasteiger partial charge in [-0.1, -0.05) is 35.5 Å². The molecule has 0 fully saturated rings. The Labute approximate surface area is 167 Å². The molecule has 0 saturated heterocycles. The highest BCUT2D eigenvalue weighted by atomic mass is 35.5. The maximum atomic E-state index is 12.8. The van der Waals surface area contributed by atoms with E-state index >= 15 is 0 Å². The lowest BCUT2D eigenvalue weighted by Gasteiger charge is -2.16. The molecule has 0 N–H and O–H groups in total. The van der Waals surface area contributed by atoms with Crippen LogP contribution in [0.2, 0.25) is 5.02 Å². The molecule has 8 heteroatoms. The molecule has 1 aromatic heterocycles. The summed E-state index contributed by atoms with van der Waals surface area (Å²) in [5.41, 5.74) is 0.501. The van der Waals surface area contributed by atoms with Crippen LogP contribution < -0.4 is 5.56 Å². The standard InChI is InChI=1S/C19H19ClN2O3S2/c1-13(2)22-18(23)16-5-3-4-6-17(16)21-19(22)26-11-12-27(24,25)15-9-7-14(20)8-10-15/h3-10,13H,11-12H2,1-2H3. The molecular formula is C19H19ClN2O3S2. The van der Waals surface area contributed by atoms with Crippen molar-refractivity contribution in [3.8, 4) is 0 Å². The van der Waals surface area contributed by atoms with E-state index in [9.17, 15) is 13.2 Å². The second-order valence-corrected chi connectivity index (χ2v) is 9.91. The summed E-state index contributed by atoms with van der Waals surface area (Å²) >= 11 is 7.09. The minimum absolute atomic E-state index is 0.0555. The van der Waals surface area contributed by atoms with E-state index in [0.29, 0.717) is 26.8 Å². The minimum atomic E-state index is -3.43. The summed E-state index contributed by atoms with van der Waals surface area (Å²) in [6.07, 6.45) is 0. The summed E-state index contributed by atoms with van der Waals surface area (Å²) < 4.78 is 26.6. The Balaban J connectivity index is 1.85. The second kappa shape index (κ2) is 8.04. The van der Waals surface area contributed by atoms with E-state index in [1.807, 2.05) is 26.0 Å². The van der Waals surface area contributed by atoms with Crippen molar-refractivity contribution in [1.82, 2.24) is 9.55 Å². The summed E-state index contributed by atoms with van der Waals surface area (Å²) in [4.78, 5) is 17.6. The van der Waals surface area contributed by atoms with E-state index < -0.39 is 9.84 Å². The number of halogens is 1. The molecule has 0 atom stereocenters. The van der Waals surface area contributed by atoms with Gasteiger partial charge in [0.1, 0.15) is 0 Å². The van der Waals surface area contributed by atoms with E-state index in [1.54, 1.807) is 28.8 Å². The third-order valence-electron chi connectivity index (χ3n) is 4.05. The molecule has 0 unspecified atom stereocenters. The van der Waals surface area contributed by atoms with Crippen LogP contribution in [0.15, 0.2) is 63.4 Å². The van der Waals surface area contributed by atoms with Gasteiger partial charge in [-0.25, -0.2) is 13.4 Å². The van der Waals surface area contributed by atoms with Crippen molar-refractivity contribution in [2.45, 2.75) is 29.9 Å². The van der Waals surface area contributed by atoms with E-state index in [4.69, 9.17) is 11.6 Å². The molecule has 0 saturated carbocycles. The molecule has 5 nitrogen and oxygen atoms in total. The first kappa shape index (κ1) is 19.9. The van der Waals surface area contributed by atoms with Crippen molar-refractivity contribution < 1.29 is 8.42 Å². The monoisotopic (exact) mass is 422 g/mol. The van der Waals surface area contributed by atoms with Gasteiger partial charge in [0.25, 0.3) is 5.56 Å². The molecule has 0 radical (unpaired) electrons. The molecular weight excluding hydrogens is 404 g/mol. The summed E-state index contributed by atoms with van der Waals surface area (Å²) in [5.74, 6) is 0.239. The third-order valence-corrected chi connectivity index (χ3v) is 7.24. The predicted octanol–water partition coefficient (Wildman–Crippen LogP) is 4.20. The Kier molecular flexibility index (Phi) is 5.93. The Morgan fingerprint density at radius 1 is 1.11 bits per heavy atom. The van der Waals surface area contributed by atoms with E-state index in [0.717, 1.165) is 0 Å². The van der Waals surface area contributed by atoms with Crippen molar-refractivity contribution >= 4 is 44.1 Å². The van der Waals surface area contributed by atoms with Gasteiger partial charge in [-0.2, -0.15) is 0 Å². The highest BCUT2D eigenvalue weighted by Crippen LogP contribution is 2.22. The summed E-state index contributed by atoms with van der Waals surface area (Å²) in [6.45, 7) is 3.82. The van der Waals surface area contributed by atoms with Crippen LogP contribution in [-0.2, 0) is 9.84 Å². The normalized spacial score (nSPS) is 12.0. The van der Waals surface area contributed by atoms with Crippen molar-refractivity contribution in [3.63, 3.8) is 0 Å². The highest BCUT2D eigenvalue weighted by Gasteiger charge is 2.17. The highest BCUT2D eigenvalue weighted by molar-refractivity contribution is 8.00. The van der Waals surface area contributed by atoms with Crippen molar-refractivity contribution in [2.24, 2.45) is 0 Å². The lowest BCUT2D eigenvalue weighted by molar-refractivity contribution is 0.519. The summed E-state index contributed by atoms with van der Waals surface area (Å²) in [5, 5.41) is 1.58. The Morgan fingerprint density at radius 2 is 1.78 bits per heavy atom. The Morgan fingerprint density at radius 3 is 2.44 bits per heavy atom. The zero-order chi connectivity index (χ0) is 19.6. The van der Waals surface area contributed by atoms with Crippen LogP contribution in [0.4, 0.5) is 0 Å². The summed E-state index contributed by atoms with van der Waals surface area (Å²) in [7, 11) is -3.43. The molecule has 0 spiro atoms. The van der Waals surface area contributed by atoms with Gasteiger partial charge in [0.05, 0.1) is 21.6 Å². The van der Waals surface area contributed by atoms with Gasteiger partial charge < -0.3 is 0 Å². The largest absolute Gasteiger partial charge is 0.285 e. The lowest BCUT2D eigenvalue weighted by Crippen LogP contribution is -2.25. The number of aromatic nitrogens is 2. The smallest absolute Gasteiger partial charge is 0.262 e. The third kappa shape index (κ3) is 4.36. The number of nitrogens with zero attached hydrogens (tertiary/aromatic N) is 2. The SMILES string of the molecule is CC(C)n1c(SCCS(=O)(=O)c2ccc(Cl)cc2)nc2ccccc2c1=O. The van der Waals surface area contributed by atoms with E-state index in [1.165, 1.54) is 23.9 Å². The van der Waals surface area contributed by atoms with Crippen molar-refractivity contribution in [2.75, 3.05) is 11.5 Å². The molecule has 3 rings (SSSR count). The number of para-hydroxylation sites is 1. The van der Waals surface area contributed by atoms with Crippen molar-refractivity contribution in [1.29, 1.82) is 0 Å². The number of rotatable bonds is 6. The molecule has 0 aliphatic rings. The number of benzene rings is 2. The maximum absolute atomic E-state index is 12.8. The Hall–Kier alpha value is -1.83.